The summed E-state index contributed by atoms with van der Waals surface area (Å²) in [6.07, 6.45) is 9.59. The van der Waals surface area contributed by atoms with Crippen LogP contribution >= 0.6 is 0 Å². The molecule has 10 aromatic carbocycles. The predicted molar refractivity (Wildman–Crippen MR) is 323 cm³/mol. The summed E-state index contributed by atoms with van der Waals surface area (Å²) in [6, 6.07) is 94.1. The fraction of sp³-hybridized carbons (Fsp3) is 0.0405. The molecule has 4 heteroatoms. The monoisotopic (exact) mass is 996 g/mol. The van der Waals surface area contributed by atoms with Gasteiger partial charge in [0.05, 0.1) is 22.4 Å². The molecule has 0 spiro atoms. The van der Waals surface area contributed by atoms with Gasteiger partial charge in [0.25, 0.3) is 0 Å². The van der Waals surface area contributed by atoms with Gasteiger partial charge in [-0.05, 0) is 163 Å². The molecule has 4 nitrogen and oxygen atoms in total. The molecule has 0 radical (unpaired) electrons. The lowest BCUT2D eigenvalue weighted by atomic mass is 9.84. The van der Waals surface area contributed by atoms with E-state index < -0.39 is 0 Å². The lowest BCUT2D eigenvalue weighted by molar-refractivity contribution is 0.911. The number of hydrogen-bond acceptors (Lipinski definition) is 3. The molecule has 0 bridgehead atoms. The minimum Gasteiger partial charge on any atom is -0.299 e. The maximum absolute atomic E-state index is 5.17. The average Bonchev–Trinajstić information content (AvgIpc) is 4.29. The molecule has 1 aliphatic rings. The number of hydrogen-bond donors (Lipinski definition) is 0. The van der Waals surface area contributed by atoms with E-state index in [0.717, 1.165) is 141 Å². The van der Waals surface area contributed by atoms with Crippen molar-refractivity contribution < 1.29 is 0 Å². The van der Waals surface area contributed by atoms with Crippen LogP contribution in [0.5, 0.6) is 0 Å². The van der Waals surface area contributed by atoms with Gasteiger partial charge in [0.2, 0.25) is 0 Å². The quantitative estimate of drug-likeness (QED) is 0.130. The van der Waals surface area contributed by atoms with E-state index in [1.807, 2.05) is 6.33 Å². The van der Waals surface area contributed by atoms with Crippen LogP contribution < -0.4 is 0 Å². The highest BCUT2D eigenvalue weighted by atomic mass is 15.0. The van der Waals surface area contributed by atoms with Gasteiger partial charge in [-0.3, -0.25) is 14.5 Å². The van der Waals surface area contributed by atoms with E-state index in [2.05, 4.69) is 278 Å². The first-order chi connectivity index (χ1) is 38.7. The van der Waals surface area contributed by atoms with E-state index in [0.29, 0.717) is 0 Å². The highest BCUT2D eigenvalue weighted by molar-refractivity contribution is 5.98. The van der Waals surface area contributed by atoms with Gasteiger partial charge < -0.3 is 0 Å². The number of pyridine rings is 2. The fourth-order valence-corrected chi connectivity index (χ4v) is 11.7. The SMILES string of the molecule is c1ccc(-c2cc(-c3ccccc3)c(-c3ccccc3-c3cc(-c4ccccc4-c4ccc(-n5cnc6cc7c(cc65)CCC7)cc4)cc(-c4ccccc4-c4cnc(-c5ccccc5)cc4-c4ccccc4)c3)cn2)cc1. The van der Waals surface area contributed by atoms with Crippen molar-refractivity contribution in [3.8, 4) is 117 Å². The Labute approximate surface area is 455 Å². The predicted octanol–water partition coefficient (Wildman–Crippen LogP) is 19.0. The Balaban J connectivity index is 0.953. The summed E-state index contributed by atoms with van der Waals surface area (Å²) < 4.78 is 2.23. The van der Waals surface area contributed by atoms with Crippen molar-refractivity contribution in [2.45, 2.75) is 19.3 Å². The van der Waals surface area contributed by atoms with Gasteiger partial charge in [-0.2, -0.15) is 0 Å². The number of aryl methyl sites for hydroxylation is 2. The van der Waals surface area contributed by atoms with Gasteiger partial charge in [0.15, 0.2) is 0 Å². The highest BCUT2D eigenvalue weighted by Gasteiger charge is 2.21. The van der Waals surface area contributed by atoms with E-state index in [4.69, 9.17) is 15.0 Å². The Bertz CT molecular complexity index is 4130. The second-order valence-corrected chi connectivity index (χ2v) is 20.3. The number of imidazole rings is 1. The fourth-order valence-electron chi connectivity index (χ4n) is 11.7. The maximum atomic E-state index is 5.17. The van der Waals surface area contributed by atoms with E-state index in [1.165, 1.54) is 17.5 Å². The second kappa shape index (κ2) is 20.3. The molecule has 0 unspecified atom stereocenters. The largest absolute Gasteiger partial charge is 0.299 e. The average molecular weight is 997 g/mol. The van der Waals surface area contributed by atoms with Crippen molar-refractivity contribution in [2.24, 2.45) is 0 Å². The maximum Gasteiger partial charge on any atom is 0.100 e. The first-order valence-corrected chi connectivity index (χ1v) is 26.9. The first kappa shape index (κ1) is 46.5. The van der Waals surface area contributed by atoms with Gasteiger partial charge in [0, 0.05) is 40.3 Å². The Morgan fingerprint density at radius 2 is 0.641 bits per heavy atom. The van der Waals surface area contributed by atoms with Crippen LogP contribution in [0.3, 0.4) is 0 Å². The van der Waals surface area contributed by atoms with Gasteiger partial charge in [-0.1, -0.05) is 206 Å². The molecular formula is C74H52N4. The molecule has 0 fully saturated rings. The van der Waals surface area contributed by atoms with Crippen molar-refractivity contribution in [1.29, 1.82) is 0 Å². The number of nitrogens with zero attached hydrogens (tertiary/aromatic N) is 4. The minimum atomic E-state index is 0.934. The van der Waals surface area contributed by atoms with Crippen LogP contribution in [0, 0.1) is 0 Å². The molecule has 14 rings (SSSR count). The number of benzene rings is 10. The Morgan fingerprint density at radius 1 is 0.269 bits per heavy atom. The van der Waals surface area contributed by atoms with Crippen LogP contribution in [-0.2, 0) is 12.8 Å². The Morgan fingerprint density at radius 3 is 1.10 bits per heavy atom. The van der Waals surface area contributed by atoms with Crippen molar-refractivity contribution in [3.63, 3.8) is 0 Å². The van der Waals surface area contributed by atoms with E-state index >= 15 is 0 Å². The van der Waals surface area contributed by atoms with Gasteiger partial charge in [-0.25, -0.2) is 4.98 Å². The molecule has 0 saturated heterocycles. The second-order valence-electron chi connectivity index (χ2n) is 20.3. The third kappa shape index (κ3) is 8.79. The number of aromatic nitrogens is 4. The number of rotatable bonds is 11. The zero-order valence-electron chi connectivity index (χ0n) is 43.0. The normalized spacial score (nSPS) is 11.9. The summed E-state index contributed by atoms with van der Waals surface area (Å²) >= 11 is 0. The molecule has 3 heterocycles. The van der Waals surface area contributed by atoms with Crippen molar-refractivity contribution in [1.82, 2.24) is 19.5 Å². The van der Waals surface area contributed by atoms with Crippen LogP contribution in [-0.4, -0.2) is 19.5 Å². The van der Waals surface area contributed by atoms with Crippen molar-refractivity contribution >= 4 is 11.0 Å². The highest BCUT2D eigenvalue weighted by Crippen LogP contribution is 2.46. The van der Waals surface area contributed by atoms with E-state index in [-0.39, 0.29) is 0 Å². The summed E-state index contributed by atoms with van der Waals surface area (Å²) in [4.78, 5) is 15.2. The molecule has 1 aliphatic carbocycles. The lowest BCUT2D eigenvalue weighted by Gasteiger charge is -2.20. The molecule has 0 N–H and O–H groups in total. The van der Waals surface area contributed by atoms with Crippen LogP contribution in [0.15, 0.2) is 280 Å². The van der Waals surface area contributed by atoms with Crippen LogP contribution in [0.25, 0.3) is 128 Å². The lowest BCUT2D eigenvalue weighted by Crippen LogP contribution is -1.95. The van der Waals surface area contributed by atoms with Gasteiger partial charge in [-0.15, -0.1) is 0 Å². The van der Waals surface area contributed by atoms with Gasteiger partial charge >= 0.3 is 0 Å². The Kier molecular flexibility index (Phi) is 12.1. The molecule has 3 aromatic heterocycles. The molecule has 0 saturated carbocycles. The van der Waals surface area contributed by atoms with E-state index in [1.54, 1.807) is 0 Å². The summed E-state index contributed by atoms with van der Waals surface area (Å²) in [5, 5.41) is 0. The van der Waals surface area contributed by atoms with Crippen molar-refractivity contribution in [2.75, 3.05) is 0 Å². The van der Waals surface area contributed by atoms with Crippen molar-refractivity contribution in [3.05, 3.63) is 291 Å². The molecule has 0 atom stereocenters. The smallest absolute Gasteiger partial charge is 0.100 e. The molecule has 0 aliphatic heterocycles. The third-order valence-corrected chi connectivity index (χ3v) is 15.6. The molecule has 78 heavy (non-hydrogen) atoms. The molecular weight excluding hydrogens is 945 g/mol. The third-order valence-electron chi connectivity index (χ3n) is 15.6. The van der Waals surface area contributed by atoms with E-state index in [9.17, 15) is 0 Å². The zero-order valence-corrected chi connectivity index (χ0v) is 43.0. The Hall–Kier alpha value is -10.0. The number of fused-ring (bicyclic) bond motifs is 2. The summed E-state index contributed by atoms with van der Waals surface area (Å²) in [6.45, 7) is 0. The van der Waals surface area contributed by atoms with Crippen LogP contribution in [0.2, 0.25) is 0 Å². The summed E-state index contributed by atoms with van der Waals surface area (Å²) in [7, 11) is 0. The van der Waals surface area contributed by atoms with Crippen LogP contribution in [0.1, 0.15) is 17.5 Å². The van der Waals surface area contributed by atoms with Gasteiger partial charge in [0.1, 0.15) is 6.33 Å². The van der Waals surface area contributed by atoms with Crippen LogP contribution in [0.4, 0.5) is 0 Å². The first-order valence-electron chi connectivity index (χ1n) is 26.9. The molecule has 13 aromatic rings. The summed E-state index contributed by atoms with van der Waals surface area (Å²) in [5.74, 6) is 0. The molecule has 368 valence electrons. The standard InChI is InChI=1S/C74H52N4/c1-5-20-50(21-6-1)67-45-71(53-24-9-3-10-25-53)75-47-69(67)65-34-17-15-32-63(65)58-40-57(62-31-14-13-30-61(62)52-36-38-60(39-37-52)78-49-77-73-43-55-28-19-29-56(55)44-74(73)78)41-59(42-58)64-33-16-18-35-66(64)70-48-76-72(54-26-11-4-12-27-54)46-68(70)51-22-7-2-8-23-51/h1-18,20-27,30-49H,19,28-29H2. The summed E-state index contributed by atoms with van der Waals surface area (Å²) in [5.41, 5.74) is 28.1. The molecule has 0 amide bonds. The zero-order chi connectivity index (χ0) is 51.8. The topological polar surface area (TPSA) is 43.6 Å². The minimum absolute atomic E-state index is 0.934.